The number of carbonyl (C=O) groups is 1. The second-order valence-electron chi connectivity index (χ2n) is 5.01. The SMILES string of the molecule is Cc1cc(I)ccc1NC(=O)C(CN)CC(C)C. The third-order valence-electron chi connectivity index (χ3n) is 2.86. The maximum Gasteiger partial charge on any atom is 0.228 e. The van der Waals surface area contributed by atoms with E-state index in [1.54, 1.807) is 0 Å². The van der Waals surface area contributed by atoms with E-state index in [1.165, 1.54) is 3.57 Å². The Bertz CT molecular complexity index is 418. The third-order valence-corrected chi connectivity index (χ3v) is 3.53. The Morgan fingerprint density at radius 2 is 2.11 bits per heavy atom. The molecule has 3 nitrogen and oxygen atoms in total. The highest BCUT2D eigenvalue weighted by Gasteiger charge is 2.18. The molecule has 1 unspecified atom stereocenters. The van der Waals surface area contributed by atoms with Crippen LogP contribution in [0.5, 0.6) is 0 Å². The van der Waals surface area contributed by atoms with E-state index in [4.69, 9.17) is 5.73 Å². The highest BCUT2D eigenvalue weighted by atomic mass is 127. The number of hydrogen-bond acceptors (Lipinski definition) is 2. The zero-order chi connectivity index (χ0) is 13.7. The maximum atomic E-state index is 12.1. The van der Waals surface area contributed by atoms with Crippen LogP contribution in [0, 0.1) is 22.3 Å². The van der Waals surface area contributed by atoms with Gasteiger partial charge in [-0.25, -0.2) is 0 Å². The summed E-state index contributed by atoms with van der Waals surface area (Å²) in [6.07, 6.45) is 0.825. The lowest BCUT2D eigenvalue weighted by molar-refractivity contribution is -0.120. The molecule has 18 heavy (non-hydrogen) atoms. The number of nitrogens with two attached hydrogens (primary N) is 1. The molecule has 0 saturated carbocycles. The van der Waals surface area contributed by atoms with Gasteiger partial charge < -0.3 is 11.1 Å². The van der Waals surface area contributed by atoms with E-state index in [0.29, 0.717) is 12.5 Å². The Hall–Kier alpha value is -0.620. The van der Waals surface area contributed by atoms with E-state index in [2.05, 4.69) is 47.8 Å². The van der Waals surface area contributed by atoms with Crippen LogP contribution in [0.15, 0.2) is 18.2 Å². The number of rotatable bonds is 5. The molecular weight excluding hydrogens is 339 g/mol. The molecule has 0 radical (unpaired) electrons. The van der Waals surface area contributed by atoms with Crippen molar-refractivity contribution < 1.29 is 4.79 Å². The fraction of sp³-hybridized carbons (Fsp3) is 0.500. The highest BCUT2D eigenvalue weighted by molar-refractivity contribution is 14.1. The van der Waals surface area contributed by atoms with Gasteiger partial charge in [0.25, 0.3) is 0 Å². The molecule has 1 amide bonds. The Balaban J connectivity index is 2.73. The lowest BCUT2D eigenvalue weighted by atomic mass is 9.96. The predicted molar refractivity (Wildman–Crippen MR) is 84.5 cm³/mol. The predicted octanol–water partition coefficient (Wildman–Crippen LogP) is 3.16. The van der Waals surface area contributed by atoms with E-state index in [-0.39, 0.29) is 11.8 Å². The number of hydrogen-bond donors (Lipinski definition) is 2. The van der Waals surface area contributed by atoms with Gasteiger partial charge in [0.15, 0.2) is 0 Å². The molecule has 0 aliphatic rings. The summed E-state index contributed by atoms with van der Waals surface area (Å²) in [7, 11) is 0. The zero-order valence-corrected chi connectivity index (χ0v) is 13.3. The van der Waals surface area contributed by atoms with Crippen molar-refractivity contribution in [3.8, 4) is 0 Å². The van der Waals surface area contributed by atoms with Gasteiger partial charge in [-0.1, -0.05) is 13.8 Å². The number of amides is 1. The summed E-state index contributed by atoms with van der Waals surface area (Å²) in [4.78, 5) is 12.1. The minimum absolute atomic E-state index is 0.0236. The highest BCUT2D eigenvalue weighted by Crippen LogP contribution is 2.19. The van der Waals surface area contributed by atoms with Gasteiger partial charge in [0.05, 0.1) is 5.92 Å². The van der Waals surface area contributed by atoms with Crippen molar-refractivity contribution in [3.05, 3.63) is 27.3 Å². The molecular formula is C14H21IN2O. The molecule has 0 aliphatic carbocycles. The maximum absolute atomic E-state index is 12.1. The summed E-state index contributed by atoms with van der Waals surface area (Å²) in [5.74, 6) is 0.390. The van der Waals surface area contributed by atoms with Crippen LogP contribution >= 0.6 is 22.6 Å². The zero-order valence-electron chi connectivity index (χ0n) is 11.2. The molecule has 1 aromatic rings. The molecule has 1 atom stereocenters. The van der Waals surface area contributed by atoms with Crippen molar-refractivity contribution in [2.75, 3.05) is 11.9 Å². The fourth-order valence-corrected chi connectivity index (χ4v) is 2.53. The van der Waals surface area contributed by atoms with Crippen molar-refractivity contribution in [1.82, 2.24) is 0 Å². The van der Waals surface area contributed by atoms with Crippen LogP contribution in [0.25, 0.3) is 0 Å². The standard InChI is InChI=1S/C14H21IN2O/c1-9(2)6-11(8-16)14(18)17-13-5-4-12(15)7-10(13)3/h4-5,7,9,11H,6,8,16H2,1-3H3,(H,17,18). The van der Waals surface area contributed by atoms with E-state index >= 15 is 0 Å². The van der Waals surface area contributed by atoms with E-state index in [1.807, 2.05) is 19.1 Å². The summed E-state index contributed by atoms with van der Waals surface area (Å²) in [6.45, 7) is 6.60. The molecule has 0 aliphatic heterocycles. The van der Waals surface area contributed by atoms with Crippen molar-refractivity contribution in [2.45, 2.75) is 27.2 Å². The smallest absolute Gasteiger partial charge is 0.228 e. The Morgan fingerprint density at radius 1 is 1.44 bits per heavy atom. The summed E-state index contributed by atoms with van der Waals surface area (Å²) < 4.78 is 1.17. The minimum Gasteiger partial charge on any atom is -0.330 e. The molecule has 3 N–H and O–H groups in total. The first-order valence-electron chi connectivity index (χ1n) is 6.21. The van der Waals surface area contributed by atoms with Crippen LogP contribution in [0.2, 0.25) is 0 Å². The number of anilines is 1. The van der Waals surface area contributed by atoms with E-state index in [9.17, 15) is 4.79 Å². The quantitative estimate of drug-likeness (QED) is 0.793. The van der Waals surface area contributed by atoms with Gasteiger partial charge in [-0.05, 0) is 65.6 Å². The van der Waals surface area contributed by atoms with Gasteiger partial charge in [0, 0.05) is 15.8 Å². The first-order chi connectivity index (χ1) is 8.43. The fourth-order valence-electron chi connectivity index (χ4n) is 1.88. The van der Waals surface area contributed by atoms with Crippen molar-refractivity contribution in [2.24, 2.45) is 17.6 Å². The monoisotopic (exact) mass is 360 g/mol. The molecule has 0 bridgehead atoms. The van der Waals surface area contributed by atoms with Crippen LogP contribution in [0.4, 0.5) is 5.69 Å². The first kappa shape index (κ1) is 15.4. The molecule has 4 heteroatoms. The third kappa shape index (κ3) is 4.57. The van der Waals surface area contributed by atoms with Crippen LogP contribution in [-0.2, 0) is 4.79 Å². The summed E-state index contributed by atoms with van der Waals surface area (Å²) in [6, 6.07) is 5.98. The van der Waals surface area contributed by atoms with Crippen molar-refractivity contribution >= 4 is 34.2 Å². The largest absolute Gasteiger partial charge is 0.330 e. The molecule has 0 saturated heterocycles. The summed E-state index contributed by atoms with van der Waals surface area (Å²) >= 11 is 2.26. The molecule has 0 aromatic heterocycles. The second kappa shape index (κ2) is 7.09. The van der Waals surface area contributed by atoms with Gasteiger partial charge in [-0.2, -0.15) is 0 Å². The normalized spacial score (nSPS) is 12.6. The van der Waals surface area contributed by atoms with Crippen LogP contribution in [-0.4, -0.2) is 12.5 Å². The lowest BCUT2D eigenvalue weighted by Crippen LogP contribution is -2.30. The molecule has 1 rings (SSSR count). The molecule has 1 aromatic carbocycles. The second-order valence-corrected chi connectivity index (χ2v) is 6.26. The Labute approximate surface area is 123 Å². The van der Waals surface area contributed by atoms with Gasteiger partial charge in [0.1, 0.15) is 0 Å². The Morgan fingerprint density at radius 3 is 2.61 bits per heavy atom. The summed E-state index contributed by atoms with van der Waals surface area (Å²) in [5.41, 5.74) is 7.63. The minimum atomic E-state index is -0.108. The number of benzene rings is 1. The Kier molecular flexibility index (Phi) is 6.08. The van der Waals surface area contributed by atoms with Crippen molar-refractivity contribution in [3.63, 3.8) is 0 Å². The average Bonchev–Trinajstić information content (AvgIpc) is 2.29. The number of aryl methyl sites for hydroxylation is 1. The number of carbonyl (C=O) groups excluding carboxylic acids is 1. The van der Waals surface area contributed by atoms with E-state index < -0.39 is 0 Å². The number of halogens is 1. The van der Waals surface area contributed by atoms with Gasteiger partial charge in [0.2, 0.25) is 5.91 Å². The molecule has 0 fully saturated rings. The number of nitrogens with one attached hydrogen (secondary N) is 1. The van der Waals surface area contributed by atoms with Crippen LogP contribution in [0.1, 0.15) is 25.8 Å². The van der Waals surface area contributed by atoms with Gasteiger partial charge >= 0.3 is 0 Å². The molecule has 100 valence electrons. The lowest BCUT2D eigenvalue weighted by Gasteiger charge is -2.17. The first-order valence-corrected chi connectivity index (χ1v) is 7.29. The van der Waals surface area contributed by atoms with E-state index in [0.717, 1.165) is 17.7 Å². The van der Waals surface area contributed by atoms with Crippen LogP contribution < -0.4 is 11.1 Å². The molecule has 0 heterocycles. The average molecular weight is 360 g/mol. The van der Waals surface area contributed by atoms with Gasteiger partial charge in [-0.15, -0.1) is 0 Å². The topological polar surface area (TPSA) is 55.1 Å². The molecule has 0 spiro atoms. The summed E-state index contributed by atoms with van der Waals surface area (Å²) in [5, 5.41) is 2.97. The van der Waals surface area contributed by atoms with Crippen molar-refractivity contribution in [1.29, 1.82) is 0 Å². The van der Waals surface area contributed by atoms with Gasteiger partial charge in [-0.3, -0.25) is 4.79 Å². The van der Waals surface area contributed by atoms with Crippen LogP contribution in [0.3, 0.4) is 0 Å².